The Morgan fingerprint density at radius 1 is 1.18 bits per heavy atom. The molecule has 0 aromatic rings. The summed E-state index contributed by atoms with van der Waals surface area (Å²) in [5.74, 6) is 0.487. The van der Waals surface area contributed by atoms with E-state index in [1.165, 1.54) is 0 Å². The zero-order valence-corrected chi connectivity index (χ0v) is 8.17. The predicted octanol–water partition coefficient (Wildman–Crippen LogP) is 3.97. The van der Waals surface area contributed by atoms with Crippen molar-refractivity contribution in [3.63, 3.8) is 0 Å². The van der Waals surface area contributed by atoms with Crippen molar-refractivity contribution < 1.29 is 0 Å². The average Bonchev–Trinajstić information content (AvgIpc) is 2.08. The third-order valence-corrected chi connectivity index (χ3v) is 1.09. The summed E-state index contributed by atoms with van der Waals surface area (Å²) in [7, 11) is 0. The smallest absolute Gasteiger partial charge is 0.00814 e. The molecule has 1 atom stereocenters. The van der Waals surface area contributed by atoms with Crippen molar-refractivity contribution in [2.24, 2.45) is 5.92 Å². The summed E-state index contributed by atoms with van der Waals surface area (Å²) in [6.07, 6.45) is 10.1. The molecule has 0 spiro atoms. The molecule has 0 N–H and O–H groups in total. The van der Waals surface area contributed by atoms with Gasteiger partial charge in [0.1, 0.15) is 0 Å². The summed E-state index contributed by atoms with van der Waals surface area (Å²) in [6.45, 7) is 11.8. The summed E-state index contributed by atoms with van der Waals surface area (Å²) < 4.78 is 0. The second-order valence-corrected chi connectivity index (χ2v) is 2.01. The lowest BCUT2D eigenvalue weighted by Crippen LogP contribution is -1.77. The van der Waals surface area contributed by atoms with Gasteiger partial charge in [0.15, 0.2) is 0 Å². The van der Waals surface area contributed by atoms with Gasteiger partial charge in [-0.2, -0.15) is 0 Å². The number of hydrogen-bond donors (Lipinski definition) is 0. The Kier molecular flexibility index (Phi) is 14.0. The van der Waals surface area contributed by atoms with Crippen LogP contribution in [-0.2, 0) is 0 Å². The SMILES string of the molecule is C=CC(C)C=C/C=C\C.CC. The standard InChI is InChI=1S/C9H14.C2H6/c1-4-6-7-8-9(3)5-2;1-2/h4-9H,2H2,1,3H3;1-2H3/b6-4-,8-7?;. The maximum Gasteiger partial charge on any atom is -0.00814 e. The molecular weight excluding hydrogens is 132 g/mol. The van der Waals surface area contributed by atoms with Crippen LogP contribution in [0.25, 0.3) is 0 Å². The van der Waals surface area contributed by atoms with E-state index in [1.54, 1.807) is 0 Å². The lowest BCUT2D eigenvalue weighted by atomic mass is 10.2. The summed E-state index contributed by atoms with van der Waals surface area (Å²) in [4.78, 5) is 0. The maximum atomic E-state index is 3.66. The first-order valence-corrected chi connectivity index (χ1v) is 4.23. The Balaban J connectivity index is 0. The van der Waals surface area contributed by atoms with Crippen LogP contribution in [0, 0.1) is 5.92 Å². The number of hydrogen-bond acceptors (Lipinski definition) is 0. The molecule has 0 heteroatoms. The van der Waals surface area contributed by atoms with E-state index in [9.17, 15) is 0 Å². The third kappa shape index (κ3) is 12.4. The van der Waals surface area contributed by atoms with Crippen molar-refractivity contribution in [2.45, 2.75) is 27.7 Å². The van der Waals surface area contributed by atoms with Gasteiger partial charge in [0, 0.05) is 0 Å². The largest absolute Gasteiger partial charge is 0.102 e. The van der Waals surface area contributed by atoms with Crippen molar-refractivity contribution in [3.05, 3.63) is 37.0 Å². The molecular formula is C11H20. The molecule has 11 heavy (non-hydrogen) atoms. The highest BCUT2D eigenvalue weighted by Crippen LogP contribution is 1.96. The third-order valence-electron chi connectivity index (χ3n) is 1.09. The monoisotopic (exact) mass is 152 g/mol. The molecule has 0 bridgehead atoms. The molecule has 0 amide bonds. The number of allylic oxidation sites excluding steroid dienone is 5. The first-order valence-electron chi connectivity index (χ1n) is 4.23. The Labute approximate surface area is 71.3 Å². The second-order valence-electron chi connectivity index (χ2n) is 2.01. The van der Waals surface area contributed by atoms with Crippen LogP contribution >= 0.6 is 0 Å². The van der Waals surface area contributed by atoms with E-state index < -0.39 is 0 Å². The molecule has 0 fully saturated rings. The van der Waals surface area contributed by atoms with Crippen molar-refractivity contribution in [1.82, 2.24) is 0 Å². The minimum Gasteiger partial charge on any atom is -0.102 e. The van der Waals surface area contributed by atoms with Crippen molar-refractivity contribution in [1.29, 1.82) is 0 Å². The highest BCUT2D eigenvalue weighted by atomic mass is 13.9. The summed E-state index contributed by atoms with van der Waals surface area (Å²) in [5, 5.41) is 0. The Hall–Kier alpha value is -0.780. The zero-order chi connectivity index (χ0) is 9.11. The second kappa shape index (κ2) is 12.0. The summed E-state index contributed by atoms with van der Waals surface area (Å²) >= 11 is 0. The molecule has 0 aliphatic heterocycles. The van der Waals surface area contributed by atoms with Gasteiger partial charge in [0.25, 0.3) is 0 Å². The fourth-order valence-electron chi connectivity index (χ4n) is 0.429. The normalized spacial score (nSPS) is 12.7. The van der Waals surface area contributed by atoms with E-state index in [0.29, 0.717) is 5.92 Å². The molecule has 0 aromatic heterocycles. The van der Waals surface area contributed by atoms with Crippen LogP contribution in [0.3, 0.4) is 0 Å². The average molecular weight is 152 g/mol. The Morgan fingerprint density at radius 2 is 1.73 bits per heavy atom. The molecule has 64 valence electrons. The maximum absolute atomic E-state index is 3.66. The molecule has 0 saturated carbocycles. The van der Waals surface area contributed by atoms with E-state index in [4.69, 9.17) is 0 Å². The van der Waals surface area contributed by atoms with Crippen LogP contribution < -0.4 is 0 Å². The van der Waals surface area contributed by atoms with E-state index in [0.717, 1.165) is 0 Å². The van der Waals surface area contributed by atoms with Crippen LogP contribution in [0.4, 0.5) is 0 Å². The van der Waals surface area contributed by atoms with Gasteiger partial charge >= 0.3 is 0 Å². The molecule has 0 heterocycles. The van der Waals surface area contributed by atoms with Gasteiger partial charge in [0.2, 0.25) is 0 Å². The van der Waals surface area contributed by atoms with Gasteiger partial charge in [-0.25, -0.2) is 0 Å². The molecule has 0 aliphatic rings. The van der Waals surface area contributed by atoms with E-state index >= 15 is 0 Å². The van der Waals surface area contributed by atoms with Crippen LogP contribution in [0.1, 0.15) is 27.7 Å². The van der Waals surface area contributed by atoms with Gasteiger partial charge in [-0.15, -0.1) is 6.58 Å². The van der Waals surface area contributed by atoms with Crippen LogP contribution in [0.5, 0.6) is 0 Å². The van der Waals surface area contributed by atoms with Crippen molar-refractivity contribution in [2.75, 3.05) is 0 Å². The lowest BCUT2D eigenvalue weighted by Gasteiger charge is -1.91. The van der Waals surface area contributed by atoms with Crippen LogP contribution in [0.2, 0.25) is 0 Å². The molecule has 0 aromatic carbocycles. The zero-order valence-electron chi connectivity index (χ0n) is 8.17. The van der Waals surface area contributed by atoms with Gasteiger partial charge in [-0.3, -0.25) is 0 Å². The molecule has 0 rings (SSSR count). The topological polar surface area (TPSA) is 0 Å². The Bertz CT molecular complexity index is 118. The fraction of sp³-hybridized carbons (Fsp3) is 0.455. The first-order chi connectivity index (χ1) is 5.31. The van der Waals surface area contributed by atoms with Crippen molar-refractivity contribution >= 4 is 0 Å². The van der Waals surface area contributed by atoms with Gasteiger partial charge in [0.05, 0.1) is 0 Å². The number of rotatable bonds is 3. The van der Waals surface area contributed by atoms with Gasteiger partial charge in [-0.05, 0) is 12.8 Å². The highest BCUT2D eigenvalue weighted by molar-refractivity contribution is 5.05. The first kappa shape index (κ1) is 12.9. The predicted molar refractivity (Wildman–Crippen MR) is 54.7 cm³/mol. The van der Waals surface area contributed by atoms with Crippen LogP contribution in [-0.4, -0.2) is 0 Å². The van der Waals surface area contributed by atoms with E-state index in [1.807, 2.05) is 45.1 Å². The highest BCUT2D eigenvalue weighted by Gasteiger charge is 1.82. The minimum atomic E-state index is 0.487. The van der Waals surface area contributed by atoms with Gasteiger partial charge < -0.3 is 0 Å². The molecule has 0 aliphatic carbocycles. The Morgan fingerprint density at radius 3 is 2.09 bits per heavy atom. The van der Waals surface area contributed by atoms with E-state index in [-0.39, 0.29) is 0 Å². The van der Waals surface area contributed by atoms with Crippen LogP contribution in [0.15, 0.2) is 37.0 Å². The molecule has 0 nitrogen and oxygen atoms in total. The van der Waals surface area contributed by atoms with Crippen molar-refractivity contribution in [3.8, 4) is 0 Å². The summed E-state index contributed by atoms with van der Waals surface area (Å²) in [5.41, 5.74) is 0. The quantitative estimate of drug-likeness (QED) is 0.424. The van der Waals surface area contributed by atoms with Gasteiger partial charge in [-0.1, -0.05) is 51.2 Å². The fourth-order valence-corrected chi connectivity index (χ4v) is 0.429. The molecule has 1 unspecified atom stereocenters. The minimum absolute atomic E-state index is 0.487. The molecule has 0 saturated heterocycles. The summed E-state index contributed by atoms with van der Waals surface area (Å²) in [6, 6.07) is 0. The lowest BCUT2D eigenvalue weighted by molar-refractivity contribution is 0.944. The molecule has 0 radical (unpaired) electrons. The van der Waals surface area contributed by atoms with E-state index in [2.05, 4.69) is 19.6 Å².